The number of halogens is 6. The molecule has 4 aromatic carbocycles. The molecule has 0 saturated carbocycles. The van der Waals surface area contributed by atoms with Crippen LogP contribution < -0.4 is 9.64 Å². The number of imide groups is 2. The molecular formula is C37H28F6N2O5. The zero-order valence-corrected chi connectivity index (χ0v) is 26.9. The second-order valence-electron chi connectivity index (χ2n) is 12.6. The first-order chi connectivity index (χ1) is 23.4. The third-order valence-electron chi connectivity index (χ3n) is 8.91. The van der Waals surface area contributed by atoms with Gasteiger partial charge in [0.25, 0.3) is 23.6 Å². The summed E-state index contributed by atoms with van der Waals surface area (Å²) in [6.07, 6.45) is -12.1. The molecule has 0 bridgehead atoms. The van der Waals surface area contributed by atoms with Crippen molar-refractivity contribution in [2.45, 2.75) is 57.4 Å². The van der Waals surface area contributed by atoms with Crippen LogP contribution >= 0.6 is 0 Å². The molecule has 0 atom stereocenters. The third-order valence-corrected chi connectivity index (χ3v) is 8.91. The van der Waals surface area contributed by atoms with Crippen molar-refractivity contribution < 1.29 is 50.3 Å². The molecule has 6 rings (SSSR count). The Hall–Kier alpha value is -5.46. The third kappa shape index (κ3) is 5.22. The van der Waals surface area contributed by atoms with Crippen molar-refractivity contribution in [2.75, 3.05) is 4.90 Å². The van der Waals surface area contributed by atoms with E-state index in [-0.39, 0.29) is 11.3 Å². The van der Waals surface area contributed by atoms with E-state index < -0.39 is 75.3 Å². The van der Waals surface area contributed by atoms with Crippen LogP contribution in [0.5, 0.6) is 11.5 Å². The second-order valence-corrected chi connectivity index (χ2v) is 12.6. The Balaban J connectivity index is 1.38. The molecule has 0 fully saturated rings. The van der Waals surface area contributed by atoms with E-state index in [0.29, 0.717) is 46.6 Å². The topological polar surface area (TPSA) is 84.0 Å². The molecular weight excluding hydrogens is 666 g/mol. The Morgan fingerprint density at radius 2 is 0.960 bits per heavy atom. The van der Waals surface area contributed by atoms with Crippen LogP contribution in [-0.4, -0.2) is 46.9 Å². The van der Waals surface area contributed by atoms with Crippen LogP contribution in [0, 0.1) is 0 Å². The molecule has 0 N–H and O–H groups in total. The van der Waals surface area contributed by atoms with E-state index in [1.165, 1.54) is 38.1 Å². The Bertz CT molecular complexity index is 2040. The van der Waals surface area contributed by atoms with E-state index in [2.05, 4.69) is 0 Å². The van der Waals surface area contributed by atoms with Gasteiger partial charge in [-0.3, -0.25) is 24.1 Å². The second kappa shape index (κ2) is 11.9. The summed E-state index contributed by atoms with van der Waals surface area (Å²) < 4.78 is 96.0. The van der Waals surface area contributed by atoms with Gasteiger partial charge in [0.15, 0.2) is 0 Å². The van der Waals surface area contributed by atoms with Crippen LogP contribution in [0.4, 0.5) is 32.0 Å². The summed E-state index contributed by atoms with van der Waals surface area (Å²) in [6, 6.07) is 15.6. The normalized spacial score (nSPS) is 15.0. The van der Waals surface area contributed by atoms with Gasteiger partial charge in [0.1, 0.15) is 11.5 Å². The van der Waals surface area contributed by atoms with Crippen LogP contribution in [0.25, 0.3) is 0 Å². The minimum atomic E-state index is -6.06. The van der Waals surface area contributed by atoms with Gasteiger partial charge in [-0.05, 0) is 97.1 Å². The van der Waals surface area contributed by atoms with Crippen LogP contribution in [0.15, 0.2) is 84.9 Å². The van der Waals surface area contributed by atoms with Gasteiger partial charge in [-0.25, -0.2) is 4.90 Å². The van der Waals surface area contributed by atoms with Gasteiger partial charge in [-0.15, -0.1) is 0 Å². The number of carbonyl (C=O) groups excluding carboxylic acids is 4. The molecule has 2 heterocycles. The summed E-state index contributed by atoms with van der Waals surface area (Å²) >= 11 is 0. The van der Waals surface area contributed by atoms with Gasteiger partial charge in [0, 0.05) is 6.04 Å². The maximum atomic E-state index is 15.0. The standard InChI is InChI=1S/C37H28F6N2O5/c1-19(2)21-5-11-25(12-6-21)50-26-13-9-24(10-14-26)45-32(47)28-16-8-23(18-30(28)34(45)49)35(36(38,39)40,37(41,42)43)22-7-15-27-29(17-22)33(48)44(20(3)4)31(27)46/h5-20H,1-4H3. The van der Waals surface area contributed by atoms with Crippen molar-refractivity contribution in [1.82, 2.24) is 4.90 Å². The first-order valence-electron chi connectivity index (χ1n) is 15.5. The number of benzene rings is 4. The lowest BCUT2D eigenvalue weighted by molar-refractivity contribution is -0.288. The fourth-order valence-corrected chi connectivity index (χ4v) is 6.37. The lowest BCUT2D eigenvalue weighted by Gasteiger charge is -2.38. The zero-order valence-electron chi connectivity index (χ0n) is 26.9. The number of hydrogen-bond acceptors (Lipinski definition) is 5. The van der Waals surface area contributed by atoms with Gasteiger partial charge < -0.3 is 4.74 Å². The molecule has 13 heteroatoms. The molecule has 0 radical (unpaired) electrons. The average Bonchev–Trinajstić information content (AvgIpc) is 3.44. The summed E-state index contributed by atoms with van der Waals surface area (Å²) in [5.41, 5.74) is -8.44. The molecule has 258 valence electrons. The Labute approximate surface area is 282 Å². The highest BCUT2D eigenvalue weighted by Crippen LogP contribution is 2.57. The summed E-state index contributed by atoms with van der Waals surface area (Å²) in [5, 5.41) is 0. The molecule has 4 aromatic rings. The largest absolute Gasteiger partial charge is 0.457 e. The van der Waals surface area contributed by atoms with Gasteiger partial charge in [0.2, 0.25) is 5.41 Å². The predicted octanol–water partition coefficient (Wildman–Crippen LogP) is 8.82. The van der Waals surface area contributed by atoms with Crippen molar-refractivity contribution in [3.63, 3.8) is 0 Å². The molecule has 0 unspecified atom stereocenters. The van der Waals surface area contributed by atoms with Gasteiger partial charge in [-0.2, -0.15) is 26.3 Å². The fraction of sp³-hybridized carbons (Fsp3) is 0.243. The van der Waals surface area contributed by atoms with E-state index in [0.717, 1.165) is 22.6 Å². The highest BCUT2D eigenvalue weighted by molar-refractivity contribution is 6.34. The number of hydrogen-bond donors (Lipinski definition) is 0. The first-order valence-corrected chi connectivity index (χ1v) is 15.5. The molecule has 0 spiro atoms. The van der Waals surface area contributed by atoms with Crippen LogP contribution in [-0.2, 0) is 5.41 Å². The highest BCUT2D eigenvalue weighted by Gasteiger charge is 2.73. The Kier molecular flexibility index (Phi) is 8.15. The molecule has 0 saturated heterocycles. The van der Waals surface area contributed by atoms with Crippen LogP contribution in [0.3, 0.4) is 0 Å². The smallest absolute Gasteiger partial charge is 0.411 e. The monoisotopic (exact) mass is 694 g/mol. The number of ether oxygens (including phenoxy) is 1. The number of fused-ring (bicyclic) bond motifs is 2. The van der Waals surface area contributed by atoms with E-state index in [9.17, 15) is 19.2 Å². The maximum Gasteiger partial charge on any atom is 0.411 e. The molecule has 2 aliphatic heterocycles. The molecule has 50 heavy (non-hydrogen) atoms. The van der Waals surface area contributed by atoms with E-state index in [4.69, 9.17) is 4.74 Å². The summed E-state index contributed by atoms with van der Waals surface area (Å²) in [5.74, 6) is -2.80. The molecule has 0 aromatic heterocycles. The zero-order chi connectivity index (χ0) is 36.5. The molecule has 4 amide bonds. The average molecular weight is 695 g/mol. The first kappa shape index (κ1) is 34.4. The van der Waals surface area contributed by atoms with Crippen molar-refractivity contribution >= 4 is 29.3 Å². The number of nitrogens with zero attached hydrogens (tertiary/aromatic N) is 2. The van der Waals surface area contributed by atoms with E-state index >= 15 is 26.3 Å². The molecule has 0 aliphatic carbocycles. The number of rotatable bonds is 7. The quantitative estimate of drug-likeness (QED) is 0.143. The van der Waals surface area contributed by atoms with Crippen LogP contribution in [0.2, 0.25) is 0 Å². The minimum absolute atomic E-state index is 0.00895. The minimum Gasteiger partial charge on any atom is -0.457 e. The lowest BCUT2D eigenvalue weighted by atomic mass is 9.71. The Morgan fingerprint density at radius 1 is 0.540 bits per heavy atom. The van der Waals surface area contributed by atoms with E-state index in [1.54, 1.807) is 12.1 Å². The van der Waals surface area contributed by atoms with E-state index in [1.807, 2.05) is 26.0 Å². The van der Waals surface area contributed by atoms with Crippen LogP contribution in [0.1, 0.15) is 91.7 Å². The highest BCUT2D eigenvalue weighted by atomic mass is 19.4. The predicted molar refractivity (Wildman–Crippen MR) is 170 cm³/mol. The van der Waals surface area contributed by atoms with Crippen molar-refractivity contribution in [3.05, 3.63) is 124 Å². The number of anilines is 1. The summed E-state index contributed by atoms with van der Waals surface area (Å²) in [7, 11) is 0. The number of carbonyl (C=O) groups is 4. The summed E-state index contributed by atoms with van der Waals surface area (Å²) in [4.78, 5) is 54.0. The van der Waals surface area contributed by atoms with Gasteiger partial charge >= 0.3 is 12.4 Å². The van der Waals surface area contributed by atoms with Gasteiger partial charge in [0.05, 0.1) is 27.9 Å². The molecule has 7 nitrogen and oxygen atoms in total. The van der Waals surface area contributed by atoms with Crippen molar-refractivity contribution in [2.24, 2.45) is 0 Å². The van der Waals surface area contributed by atoms with Gasteiger partial charge in [-0.1, -0.05) is 38.1 Å². The van der Waals surface area contributed by atoms with Crippen molar-refractivity contribution in [1.29, 1.82) is 0 Å². The molecule has 2 aliphatic rings. The Morgan fingerprint density at radius 3 is 1.42 bits per heavy atom. The summed E-state index contributed by atoms with van der Waals surface area (Å²) in [6.45, 7) is 7.02. The number of alkyl halides is 6. The SMILES string of the molecule is CC(C)c1ccc(Oc2ccc(N3C(=O)c4ccc(C(c5ccc6c(c5)C(=O)N(C(C)C)C6=O)(C(F)(F)F)C(F)(F)F)cc4C3=O)cc2)cc1. The number of amides is 4. The maximum absolute atomic E-state index is 15.0. The fourth-order valence-electron chi connectivity index (χ4n) is 6.37. The lowest BCUT2D eigenvalue weighted by Crippen LogP contribution is -2.55. The van der Waals surface area contributed by atoms with Crippen molar-refractivity contribution in [3.8, 4) is 11.5 Å².